The number of aliphatic hydroxyl groups is 3. The van der Waals surface area contributed by atoms with Gasteiger partial charge in [0.05, 0.1) is 30.5 Å². The Morgan fingerprint density at radius 3 is 2.46 bits per heavy atom. The number of nitriles is 1. The summed E-state index contributed by atoms with van der Waals surface area (Å²) in [5.74, 6) is 0.125. The summed E-state index contributed by atoms with van der Waals surface area (Å²) in [6.45, 7) is 1.45. The van der Waals surface area contributed by atoms with E-state index in [1.165, 1.54) is 7.11 Å². The standard InChI is InChI=1S/C26H24ClN3O6S/c1-13-20(24(34)30-16-7-5-15(27)6-8-16)21(14-3-9-17(35-2)10-4-14)18(11-28)25(29-13)37-26-23(33)22(32)19(31)12-36-26/h3-10,19,22-23,26,31-33H,12H2,1-2H3,(H,30,34)/t19-,22-,23+,26-/m0/s1. The Morgan fingerprint density at radius 1 is 1.16 bits per heavy atom. The van der Waals surface area contributed by atoms with Crippen LogP contribution in [0.3, 0.4) is 0 Å². The van der Waals surface area contributed by atoms with Crippen molar-refractivity contribution in [2.75, 3.05) is 19.0 Å². The SMILES string of the molecule is COc1ccc(-c2c(C#N)c(S[C@@H]3OC[C@H](O)[C@H](O)[C@H]3O)nc(C)c2C(=O)Nc2ccc(Cl)cc2)cc1. The number of halogens is 1. The first kappa shape index (κ1) is 26.9. The predicted octanol–water partition coefficient (Wildman–Crippen LogP) is 3.37. The van der Waals surface area contributed by atoms with Crippen LogP contribution in [-0.4, -0.2) is 63.7 Å². The normalized spacial score (nSPS) is 21.2. The molecule has 3 aromatic rings. The number of hydrogen-bond donors (Lipinski definition) is 4. The van der Waals surface area contributed by atoms with Gasteiger partial charge in [0.1, 0.15) is 40.6 Å². The van der Waals surface area contributed by atoms with E-state index in [2.05, 4.69) is 16.4 Å². The van der Waals surface area contributed by atoms with Gasteiger partial charge < -0.3 is 30.1 Å². The molecule has 4 N–H and O–H groups in total. The number of methoxy groups -OCH3 is 1. The molecule has 192 valence electrons. The van der Waals surface area contributed by atoms with Crippen molar-refractivity contribution in [2.45, 2.75) is 35.7 Å². The first-order valence-corrected chi connectivity index (χ1v) is 12.5. The molecule has 9 nitrogen and oxygen atoms in total. The van der Waals surface area contributed by atoms with Gasteiger partial charge in [-0.25, -0.2) is 4.98 Å². The number of rotatable bonds is 6. The van der Waals surface area contributed by atoms with Crippen molar-refractivity contribution in [1.29, 1.82) is 5.26 Å². The number of nitrogens with zero attached hydrogens (tertiary/aromatic N) is 2. The highest BCUT2D eigenvalue weighted by Crippen LogP contribution is 2.39. The van der Waals surface area contributed by atoms with Crippen LogP contribution in [0.1, 0.15) is 21.6 Å². The van der Waals surface area contributed by atoms with Crippen molar-refractivity contribution in [1.82, 2.24) is 4.98 Å². The predicted molar refractivity (Wildman–Crippen MR) is 139 cm³/mol. The number of pyridine rings is 1. The molecule has 11 heteroatoms. The Hall–Kier alpha value is -3.17. The summed E-state index contributed by atoms with van der Waals surface area (Å²) in [4.78, 5) is 18.0. The van der Waals surface area contributed by atoms with E-state index in [9.17, 15) is 25.4 Å². The molecule has 0 spiro atoms. The van der Waals surface area contributed by atoms with Gasteiger partial charge in [0.2, 0.25) is 0 Å². The molecule has 1 aliphatic heterocycles. The fraction of sp³-hybridized carbons (Fsp3) is 0.269. The van der Waals surface area contributed by atoms with Crippen LogP contribution in [0.2, 0.25) is 5.02 Å². The lowest BCUT2D eigenvalue weighted by Crippen LogP contribution is -2.51. The lowest BCUT2D eigenvalue weighted by molar-refractivity contribution is -0.161. The van der Waals surface area contributed by atoms with Crippen molar-refractivity contribution < 1.29 is 29.6 Å². The minimum atomic E-state index is -1.42. The number of benzene rings is 2. The van der Waals surface area contributed by atoms with Gasteiger partial charge in [-0.3, -0.25) is 4.79 Å². The molecule has 0 saturated carbocycles. The molecule has 0 radical (unpaired) electrons. The zero-order valence-corrected chi connectivity index (χ0v) is 21.5. The lowest BCUT2D eigenvalue weighted by Gasteiger charge is -2.34. The maximum atomic E-state index is 13.5. The van der Waals surface area contributed by atoms with Crippen LogP contribution in [0, 0.1) is 18.3 Å². The average Bonchev–Trinajstić information content (AvgIpc) is 2.90. The zero-order valence-electron chi connectivity index (χ0n) is 19.9. The fourth-order valence-corrected chi connectivity index (χ4v) is 5.16. The highest BCUT2D eigenvalue weighted by Gasteiger charge is 2.39. The highest BCUT2D eigenvalue weighted by molar-refractivity contribution is 7.99. The van der Waals surface area contributed by atoms with Gasteiger partial charge in [-0.1, -0.05) is 35.5 Å². The number of aromatic nitrogens is 1. The minimum absolute atomic E-state index is 0.0958. The molecule has 1 aromatic heterocycles. The number of aryl methyl sites for hydroxylation is 1. The molecule has 0 aliphatic carbocycles. The van der Waals surface area contributed by atoms with Gasteiger partial charge in [0, 0.05) is 16.3 Å². The number of carbonyl (C=O) groups excluding carboxylic acids is 1. The van der Waals surface area contributed by atoms with Gasteiger partial charge in [0.15, 0.2) is 0 Å². The van der Waals surface area contributed by atoms with Crippen LogP contribution in [0.25, 0.3) is 11.1 Å². The van der Waals surface area contributed by atoms with Crippen LogP contribution >= 0.6 is 23.4 Å². The van der Waals surface area contributed by atoms with E-state index in [-0.39, 0.29) is 22.8 Å². The van der Waals surface area contributed by atoms with E-state index >= 15 is 0 Å². The maximum absolute atomic E-state index is 13.5. The van der Waals surface area contributed by atoms with Crippen molar-refractivity contribution in [3.8, 4) is 22.9 Å². The quantitative estimate of drug-likeness (QED) is 0.369. The summed E-state index contributed by atoms with van der Waals surface area (Å²) in [5, 5.41) is 44.0. The molecule has 37 heavy (non-hydrogen) atoms. The number of aliphatic hydroxyl groups excluding tert-OH is 3. The third-order valence-corrected chi connectivity index (χ3v) is 7.26. The maximum Gasteiger partial charge on any atom is 0.258 e. The first-order valence-electron chi connectivity index (χ1n) is 11.2. The second-order valence-corrected chi connectivity index (χ2v) is 9.82. The summed E-state index contributed by atoms with van der Waals surface area (Å²) in [5.41, 5.74) is 1.07. The molecule has 0 unspecified atom stereocenters. The molecule has 1 aliphatic rings. The topological polar surface area (TPSA) is 145 Å². The Balaban J connectivity index is 1.82. The van der Waals surface area contributed by atoms with Gasteiger partial charge in [-0.2, -0.15) is 5.26 Å². The second-order valence-electron chi connectivity index (χ2n) is 8.30. The van der Waals surface area contributed by atoms with Crippen molar-refractivity contribution in [2.24, 2.45) is 0 Å². The highest BCUT2D eigenvalue weighted by atomic mass is 35.5. The molecule has 0 bridgehead atoms. The number of amides is 1. The monoisotopic (exact) mass is 541 g/mol. The Kier molecular flexibility index (Phi) is 8.34. The summed E-state index contributed by atoms with van der Waals surface area (Å²) < 4.78 is 10.8. The third-order valence-electron chi connectivity index (χ3n) is 5.85. The molecule has 1 amide bonds. The van der Waals surface area contributed by atoms with E-state index in [1.807, 2.05) is 0 Å². The molecule has 4 rings (SSSR count). The summed E-state index contributed by atoms with van der Waals surface area (Å²) >= 11 is 6.89. The summed E-state index contributed by atoms with van der Waals surface area (Å²) in [6.07, 6.45) is -4.06. The fourth-order valence-electron chi connectivity index (χ4n) is 3.91. The molecular weight excluding hydrogens is 518 g/mol. The number of anilines is 1. The first-order chi connectivity index (χ1) is 17.7. The number of hydrogen-bond acceptors (Lipinski definition) is 9. The van der Waals surface area contributed by atoms with Gasteiger partial charge >= 0.3 is 0 Å². The number of nitrogens with one attached hydrogen (secondary N) is 1. The van der Waals surface area contributed by atoms with E-state index in [0.29, 0.717) is 33.3 Å². The van der Waals surface area contributed by atoms with E-state index in [1.54, 1.807) is 55.5 Å². The second kappa shape index (κ2) is 11.5. The van der Waals surface area contributed by atoms with Crippen molar-refractivity contribution in [3.63, 3.8) is 0 Å². The molecule has 2 aromatic carbocycles. The molecule has 4 atom stereocenters. The van der Waals surface area contributed by atoms with Crippen LogP contribution in [-0.2, 0) is 4.74 Å². The zero-order chi connectivity index (χ0) is 26.7. The molecule has 2 heterocycles. The van der Waals surface area contributed by atoms with Gasteiger partial charge in [-0.15, -0.1) is 0 Å². The van der Waals surface area contributed by atoms with Crippen LogP contribution in [0.4, 0.5) is 5.69 Å². The third kappa shape index (κ3) is 5.72. The Labute approximate surface area is 222 Å². The van der Waals surface area contributed by atoms with E-state index in [4.69, 9.17) is 21.1 Å². The average molecular weight is 542 g/mol. The van der Waals surface area contributed by atoms with Crippen LogP contribution < -0.4 is 10.1 Å². The van der Waals surface area contributed by atoms with Gasteiger partial charge in [0.25, 0.3) is 5.91 Å². The molecular formula is C26H24ClN3O6S. The number of carbonyl (C=O) groups is 1. The van der Waals surface area contributed by atoms with Crippen molar-refractivity contribution >= 4 is 35.0 Å². The smallest absolute Gasteiger partial charge is 0.258 e. The number of thioether (sulfide) groups is 1. The largest absolute Gasteiger partial charge is 0.497 e. The Morgan fingerprint density at radius 2 is 1.84 bits per heavy atom. The summed E-state index contributed by atoms with van der Waals surface area (Å²) in [6, 6.07) is 15.6. The van der Waals surface area contributed by atoms with Crippen LogP contribution in [0.15, 0.2) is 53.6 Å². The van der Waals surface area contributed by atoms with Crippen molar-refractivity contribution in [3.05, 3.63) is 70.4 Å². The van der Waals surface area contributed by atoms with E-state index in [0.717, 1.165) is 11.8 Å². The Bertz CT molecular complexity index is 1330. The molecule has 1 saturated heterocycles. The minimum Gasteiger partial charge on any atom is -0.497 e. The number of ether oxygens (including phenoxy) is 2. The van der Waals surface area contributed by atoms with Gasteiger partial charge in [-0.05, 0) is 48.9 Å². The van der Waals surface area contributed by atoms with Crippen LogP contribution in [0.5, 0.6) is 5.75 Å². The lowest BCUT2D eigenvalue weighted by atomic mass is 9.94. The summed E-state index contributed by atoms with van der Waals surface area (Å²) in [7, 11) is 1.53. The van der Waals surface area contributed by atoms with E-state index < -0.39 is 29.7 Å². The molecule has 1 fully saturated rings.